The van der Waals surface area contributed by atoms with Crippen molar-refractivity contribution < 1.29 is 9.59 Å². The van der Waals surface area contributed by atoms with Gasteiger partial charge in [0, 0.05) is 18.8 Å². The Balaban J connectivity index is 1.87. The molecule has 3 rings (SSSR count). The minimum Gasteiger partial charge on any atom is -0.371 e. The normalized spacial score (nSPS) is 18.3. The third-order valence-corrected chi connectivity index (χ3v) is 4.13. The molecule has 1 aromatic carbocycles. The number of benzene rings is 1. The maximum Gasteiger partial charge on any atom is 0.263 e. The molecule has 2 aliphatic rings. The van der Waals surface area contributed by atoms with E-state index in [-0.39, 0.29) is 10.7 Å². The van der Waals surface area contributed by atoms with Crippen LogP contribution in [-0.2, 0) is 9.59 Å². The first-order valence-corrected chi connectivity index (χ1v) is 7.69. The Labute approximate surface area is 134 Å². The fourth-order valence-electron chi connectivity index (χ4n) is 2.85. The number of rotatable bonds is 2. The van der Waals surface area contributed by atoms with E-state index < -0.39 is 11.8 Å². The Morgan fingerprint density at radius 3 is 2.36 bits per heavy atom. The minimum atomic E-state index is -0.463. The lowest BCUT2D eigenvalue weighted by Crippen LogP contribution is -2.51. The van der Waals surface area contributed by atoms with E-state index in [1.165, 1.54) is 18.5 Å². The van der Waals surface area contributed by atoms with Crippen molar-refractivity contribution in [1.29, 1.82) is 0 Å². The third kappa shape index (κ3) is 2.87. The Morgan fingerprint density at radius 2 is 1.77 bits per heavy atom. The molecule has 2 amide bonds. The zero-order valence-electron chi connectivity index (χ0n) is 12.3. The average molecular weight is 315 g/mol. The number of hydrogen-bond acceptors (Lipinski definition) is 4. The van der Waals surface area contributed by atoms with Gasteiger partial charge in [-0.2, -0.15) is 0 Å². The molecule has 5 nitrogen and oxygen atoms in total. The molecule has 0 aromatic heterocycles. The van der Waals surface area contributed by atoms with Gasteiger partial charge in [-0.05, 0) is 61.3 Å². The first-order chi connectivity index (χ1) is 10.5. The molecule has 0 saturated carbocycles. The van der Waals surface area contributed by atoms with Crippen molar-refractivity contribution in [2.75, 3.05) is 18.0 Å². The van der Waals surface area contributed by atoms with Gasteiger partial charge in [0.2, 0.25) is 0 Å². The molecular weight excluding hydrogens is 298 g/mol. The molecule has 114 valence electrons. The second-order valence-electron chi connectivity index (χ2n) is 5.54. The third-order valence-electron chi connectivity index (χ3n) is 3.92. The first-order valence-electron chi connectivity index (χ1n) is 7.28. The van der Waals surface area contributed by atoms with Crippen LogP contribution in [0.5, 0.6) is 0 Å². The highest BCUT2D eigenvalue weighted by Crippen LogP contribution is 2.25. The van der Waals surface area contributed by atoms with Gasteiger partial charge in [-0.1, -0.05) is 6.07 Å². The Bertz CT molecular complexity index is 669. The summed E-state index contributed by atoms with van der Waals surface area (Å²) >= 11 is 4.78. The smallest absolute Gasteiger partial charge is 0.263 e. The van der Waals surface area contributed by atoms with Crippen LogP contribution >= 0.6 is 12.2 Å². The summed E-state index contributed by atoms with van der Waals surface area (Å²) in [6, 6.07) is 5.98. The van der Waals surface area contributed by atoms with Gasteiger partial charge in [0.25, 0.3) is 11.8 Å². The lowest BCUT2D eigenvalue weighted by Gasteiger charge is -2.20. The van der Waals surface area contributed by atoms with Crippen molar-refractivity contribution in [2.24, 2.45) is 0 Å². The molecule has 2 aliphatic heterocycles. The average Bonchev–Trinajstić information content (AvgIpc) is 2.97. The summed E-state index contributed by atoms with van der Waals surface area (Å²) in [5.41, 5.74) is 3.26. The molecule has 6 heteroatoms. The molecule has 0 unspecified atom stereocenters. The summed E-state index contributed by atoms with van der Waals surface area (Å²) in [6.07, 6.45) is 4.05. The van der Waals surface area contributed by atoms with Gasteiger partial charge in [-0.15, -0.1) is 0 Å². The fourth-order valence-corrected chi connectivity index (χ4v) is 3.04. The standard InChI is InChI=1S/C16H17N3O2S/c1-10-8-11(4-5-13(10)19-6-2-3-7-19)9-12-14(20)17-16(22)18-15(12)21/h4-5,8-9H,2-3,6-7H2,1H3,(H2,17,18,20,21,22). The zero-order chi connectivity index (χ0) is 15.7. The van der Waals surface area contributed by atoms with Gasteiger partial charge in [0.15, 0.2) is 5.11 Å². The molecule has 0 aliphatic carbocycles. The van der Waals surface area contributed by atoms with Gasteiger partial charge in [0.05, 0.1) is 0 Å². The second kappa shape index (κ2) is 5.88. The molecule has 22 heavy (non-hydrogen) atoms. The van der Waals surface area contributed by atoms with Crippen LogP contribution in [0.4, 0.5) is 5.69 Å². The fraction of sp³-hybridized carbons (Fsp3) is 0.312. The van der Waals surface area contributed by atoms with Crippen molar-refractivity contribution in [1.82, 2.24) is 10.6 Å². The first kappa shape index (κ1) is 14.7. The predicted octanol–water partition coefficient (Wildman–Crippen LogP) is 1.51. The molecule has 0 spiro atoms. The minimum absolute atomic E-state index is 0.0488. The van der Waals surface area contributed by atoms with Gasteiger partial charge >= 0.3 is 0 Å². The molecule has 2 fully saturated rings. The highest BCUT2D eigenvalue weighted by atomic mass is 32.1. The molecule has 2 saturated heterocycles. The molecular formula is C16H17N3O2S. The molecule has 0 atom stereocenters. The number of carbonyl (C=O) groups excluding carboxylic acids is 2. The predicted molar refractivity (Wildman–Crippen MR) is 89.5 cm³/mol. The van der Waals surface area contributed by atoms with Crippen LogP contribution in [0.3, 0.4) is 0 Å². The number of hydrogen-bond donors (Lipinski definition) is 2. The van der Waals surface area contributed by atoms with Crippen LogP contribution in [0, 0.1) is 6.92 Å². The van der Waals surface area contributed by atoms with Gasteiger partial charge in [-0.3, -0.25) is 20.2 Å². The van der Waals surface area contributed by atoms with Crippen molar-refractivity contribution >= 4 is 40.9 Å². The van der Waals surface area contributed by atoms with Crippen LogP contribution < -0.4 is 15.5 Å². The zero-order valence-corrected chi connectivity index (χ0v) is 13.1. The molecule has 1 aromatic rings. The molecule has 2 heterocycles. The highest BCUT2D eigenvalue weighted by Gasteiger charge is 2.25. The van der Waals surface area contributed by atoms with Crippen LogP contribution in [0.25, 0.3) is 6.08 Å². The van der Waals surface area contributed by atoms with Crippen molar-refractivity contribution in [3.8, 4) is 0 Å². The number of nitrogens with one attached hydrogen (secondary N) is 2. The molecule has 0 bridgehead atoms. The van der Waals surface area contributed by atoms with Crippen LogP contribution in [0.1, 0.15) is 24.0 Å². The maximum atomic E-state index is 11.8. The maximum absolute atomic E-state index is 11.8. The Kier molecular flexibility index (Phi) is 3.94. The van der Waals surface area contributed by atoms with Crippen LogP contribution in [0.2, 0.25) is 0 Å². The number of amides is 2. The van der Waals surface area contributed by atoms with E-state index in [1.807, 2.05) is 19.1 Å². The van der Waals surface area contributed by atoms with Crippen LogP contribution in [-0.4, -0.2) is 30.0 Å². The number of nitrogens with zero attached hydrogens (tertiary/aromatic N) is 1. The largest absolute Gasteiger partial charge is 0.371 e. The Morgan fingerprint density at radius 1 is 1.14 bits per heavy atom. The molecule has 2 N–H and O–H groups in total. The lowest BCUT2D eigenvalue weighted by atomic mass is 10.0. The number of thiocarbonyl (C=S) groups is 1. The SMILES string of the molecule is Cc1cc(C=C2C(=O)NC(=S)NC2=O)ccc1N1CCCC1. The van der Waals surface area contributed by atoms with E-state index in [0.29, 0.717) is 0 Å². The number of anilines is 1. The lowest BCUT2D eigenvalue weighted by molar-refractivity contribution is -0.123. The van der Waals surface area contributed by atoms with E-state index in [2.05, 4.69) is 21.6 Å². The van der Waals surface area contributed by atoms with Crippen molar-refractivity contribution in [2.45, 2.75) is 19.8 Å². The topological polar surface area (TPSA) is 61.4 Å². The van der Waals surface area contributed by atoms with E-state index in [1.54, 1.807) is 6.08 Å². The van der Waals surface area contributed by atoms with Crippen LogP contribution in [0.15, 0.2) is 23.8 Å². The van der Waals surface area contributed by atoms with Crippen molar-refractivity contribution in [3.05, 3.63) is 34.9 Å². The summed E-state index contributed by atoms with van der Waals surface area (Å²) < 4.78 is 0. The summed E-state index contributed by atoms with van der Waals surface area (Å²) in [6.45, 7) is 4.22. The van der Waals surface area contributed by atoms with E-state index in [0.717, 1.165) is 24.2 Å². The van der Waals surface area contributed by atoms with E-state index in [4.69, 9.17) is 12.2 Å². The van der Waals surface area contributed by atoms with Crippen molar-refractivity contribution in [3.63, 3.8) is 0 Å². The summed E-state index contributed by atoms with van der Waals surface area (Å²) in [4.78, 5) is 26.1. The number of carbonyl (C=O) groups is 2. The van der Waals surface area contributed by atoms with Gasteiger partial charge in [0.1, 0.15) is 5.57 Å². The monoisotopic (exact) mass is 315 g/mol. The quantitative estimate of drug-likeness (QED) is 0.493. The summed E-state index contributed by atoms with van der Waals surface area (Å²) in [7, 11) is 0. The number of aryl methyl sites for hydroxylation is 1. The Hall–Kier alpha value is -2.21. The summed E-state index contributed by atoms with van der Waals surface area (Å²) in [5, 5.41) is 4.92. The molecule has 0 radical (unpaired) electrons. The summed E-state index contributed by atoms with van der Waals surface area (Å²) in [5.74, 6) is -0.926. The van der Waals surface area contributed by atoms with Gasteiger partial charge in [-0.25, -0.2) is 0 Å². The van der Waals surface area contributed by atoms with E-state index in [9.17, 15) is 9.59 Å². The van der Waals surface area contributed by atoms with E-state index >= 15 is 0 Å². The van der Waals surface area contributed by atoms with Gasteiger partial charge < -0.3 is 4.90 Å². The second-order valence-corrected chi connectivity index (χ2v) is 5.94. The highest BCUT2D eigenvalue weighted by molar-refractivity contribution is 7.80.